The maximum Gasteiger partial charge on any atom is 0.412 e. The van der Waals surface area contributed by atoms with Crippen LogP contribution in [0.25, 0.3) is 22.2 Å². The van der Waals surface area contributed by atoms with E-state index in [1.165, 1.54) is 12.1 Å². The molecule has 2 aromatic heterocycles. The molecule has 1 unspecified atom stereocenters. The summed E-state index contributed by atoms with van der Waals surface area (Å²) < 4.78 is 52.5. The van der Waals surface area contributed by atoms with Crippen molar-refractivity contribution in [3.05, 3.63) is 59.2 Å². The number of nitrogens with one attached hydrogen (secondary N) is 1. The third kappa shape index (κ3) is 2.00. The predicted octanol–water partition coefficient (Wildman–Crippen LogP) is 3.82. The number of aromatic amines is 1. The number of aromatic hydroxyl groups is 1. The van der Waals surface area contributed by atoms with Crippen molar-refractivity contribution in [2.24, 2.45) is 0 Å². The summed E-state index contributed by atoms with van der Waals surface area (Å²) >= 11 is 0. The minimum Gasteiger partial charge on any atom is -0.475 e. The molecule has 0 amide bonds. The van der Waals surface area contributed by atoms with E-state index in [0.717, 1.165) is 18.2 Å². The molecule has 0 aliphatic carbocycles. The molecule has 5 rings (SSSR count). The van der Waals surface area contributed by atoms with Crippen LogP contribution in [-0.4, -0.2) is 20.3 Å². The number of fused-ring (bicyclic) bond motifs is 5. The second-order valence-corrected chi connectivity index (χ2v) is 5.79. The van der Waals surface area contributed by atoms with Gasteiger partial charge in [0.15, 0.2) is 0 Å². The van der Waals surface area contributed by atoms with Crippen molar-refractivity contribution in [1.82, 2.24) is 15.2 Å². The van der Waals surface area contributed by atoms with Gasteiger partial charge in [-0.15, -0.1) is 5.10 Å². The highest BCUT2D eigenvalue weighted by Crippen LogP contribution is 2.48. The van der Waals surface area contributed by atoms with Gasteiger partial charge < -0.3 is 19.2 Å². The van der Waals surface area contributed by atoms with Gasteiger partial charge in [0, 0.05) is 28.6 Å². The van der Waals surface area contributed by atoms with E-state index in [-0.39, 0.29) is 22.5 Å². The lowest BCUT2D eigenvalue weighted by molar-refractivity contribution is 0.192. The molecule has 1 aliphatic rings. The van der Waals surface area contributed by atoms with E-state index in [0.29, 0.717) is 16.8 Å². The van der Waals surface area contributed by atoms with Gasteiger partial charge in [-0.1, -0.05) is 5.10 Å². The Morgan fingerprint density at radius 2 is 1.88 bits per heavy atom. The average molecular weight is 359 g/mol. The van der Waals surface area contributed by atoms with Crippen LogP contribution in [0.2, 0.25) is 0 Å². The molecule has 26 heavy (non-hydrogen) atoms. The Balaban J connectivity index is 1.87. The number of nitrogens with zero attached hydrogens (tertiary/aromatic N) is 2. The minimum atomic E-state index is -1.08. The summed E-state index contributed by atoms with van der Waals surface area (Å²) in [7, 11) is 0. The Bertz CT molecular complexity index is 1180. The summed E-state index contributed by atoms with van der Waals surface area (Å²) in [4.78, 5) is 2.90. The molecule has 2 N–H and O–H groups in total. The van der Waals surface area contributed by atoms with Gasteiger partial charge in [-0.3, -0.25) is 0 Å². The van der Waals surface area contributed by atoms with Crippen LogP contribution in [0.15, 0.2) is 34.7 Å². The van der Waals surface area contributed by atoms with Gasteiger partial charge in [-0.05, 0) is 18.2 Å². The van der Waals surface area contributed by atoms with Gasteiger partial charge in [0.25, 0.3) is 5.89 Å². The third-order valence-corrected chi connectivity index (χ3v) is 4.24. The van der Waals surface area contributed by atoms with Crippen LogP contribution in [-0.2, 0) is 0 Å². The molecule has 9 heteroatoms. The van der Waals surface area contributed by atoms with Crippen LogP contribution >= 0.6 is 0 Å². The van der Waals surface area contributed by atoms with Crippen LogP contribution in [0.3, 0.4) is 0 Å². The summed E-state index contributed by atoms with van der Waals surface area (Å²) in [6.07, 6.45) is -1.77. The van der Waals surface area contributed by atoms with Gasteiger partial charge in [-0.2, -0.15) is 0 Å². The molecule has 0 saturated heterocycles. The first-order valence-corrected chi connectivity index (χ1v) is 7.51. The minimum absolute atomic E-state index is 0.0610. The molecular formula is C17H8F3N3O3. The Kier molecular flexibility index (Phi) is 2.85. The lowest BCUT2D eigenvalue weighted by Crippen LogP contribution is -2.15. The first-order valence-electron chi connectivity index (χ1n) is 7.51. The predicted molar refractivity (Wildman–Crippen MR) is 82.0 cm³/mol. The number of H-pyrrole nitrogens is 1. The Morgan fingerprint density at radius 1 is 1.04 bits per heavy atom. The van der Waals surface area contributed by atoms with E-state index in [1.807, 2.05) is 0 Å². The van der Waals surface area contributed by atoms with E-state index < -0.39 is 29.6 Å². The van der Waals surface area contributed by atoms with Crippen molar-refractivity contribution < 1.29 is 27.4 Å². The number of rotatable bonds is 1. The molecular weight excluding hydrogens is 351 g/mol. The highest BCUT2D eigenvalue weighted by atomic mass is 19.1. The first-order chi connectivity index (χ1) is 12.5. The van der Waals surface area contributed by atoms with Crippen molar-refractivity contribution in [2.45, 2.75) is 6.10 Å². The molecule has 6 nitrogen and oxygen atoms in total. The van der Waals surface area contributed by atoms with E-state index in [2.05, 4.69) is 15.2 Å². The monoisotopic (exact) mass is 359 g/mol. The number of halogens is 3. The van der Waals surface area contributed by atoms with E-state index in [9.17, 15) is 18.3 Å². The molecule has 0 bridgehead atoms. The van der Waals surface area contributed by atoms with Crippen LogP contribution in [0, 0.1) is 17.5 Å². The third-order valence-electron chi connectivity index (χ3n) is 4.24. The number of hydrogen-bond donors (Lipinski definition) is 2. The molecule has 0 radical (unpaired) electrons. The van der Waals surface area contributed by atoms with Crippen molar-refractivity contribution in [1.29, 1.82) is 0 Å². The zero-order valence-corrected chi connectivity index (χ0v) is 12.8. The van der Waals surface area contributed by atoms with Crippen molar-refractivity contribution >= 4 is 10.9 Å². The van der Waals surface area contributed by atoms with Crippen LogP contribution in [0.4, 0.5) is 13.2 Å². The fraction of sp³-hybridized carbons (Fsp3) is 0.0588. The van der Waals surface area contributed by atoms with Crippen LogP contribution < -0.4 is 4.74 Å². The number of aromatic nitrogens is 3. The summed E-state index contributed by atoms with van der Waals surface area (Å²) in [5.41, 5.74) is 1.29. The maximum atomic E-state index is 14.2. The molecule has 0 spiro atoms. The van der Waals surface area contributed by atoms with E-state index in [4.69, 9.17) is 9.15 Å². The van der Waals surface area contributed by atoms with Gasteiger partial charge in [0.1, 0.15) is 23.2 Å². The quantitative estimate of drug-likeness (QED) is 0.540. The summed E-state index contributed by atoms with van der Waals surface area (Å²) in [6.45, 7) is 0. The van der Waals surface area contributed by atoms with E-state index in [1.54, 1.807) is 0 Å². The van der Waals surface area contributed by atoms with E-state index >= 15 is 0 Å². The molecule has 2 aromatic carbocycles. The second kappa shape index (κ2) is 5.01. The fourth-order valence-corrected chi connectivity index (χ4v) is 3.22. The van der Waals surface area contributed by atoms with Crippen LogP contribution in [0.5, 0.6) is 11.8 Å². The standard InChI is InChI=1S/C17H8F3N3O3/c18-6-1-2-8-11(5-6)25-15(16-22-23-17(24)26-16)12-9-3-7(19)4-10(20)13(9)21-14(8)12/h1-5,15,21H,(H,23,24). The lowest BCUT2D eigenvalue weighted by Gasteiger charge is -2.24. The average Bonchev–Trinajstić information content (AvgIpc) is 3.18. The number of ether oxygens (including phenoxy) is 1. The van der Waals surface area contributed by atoms with Crippen molar-refractivity contribution in [3.8, 4) is 23.1 Å². The molecule has 4 aromatic rings. The normalized spacial score (nSPS) is 15.6. The first kappa shape index (κ1) is 14.8. The SMILES string of the molecule is Oc1nnc(C2Oc3cc(F)ccc3-c3[nH]c4c(F)cc(F)cc4c32)o1. The van der Waals surface area contributed by atoms with Gasteiger partial charge >= 0.3 is 6.08 Å². The van der Waals surface area contributed by atoms with Gasteiger partial charge in [0.05, 0.1) is 11.2 Å². The fourth-order valence-electron chi connectivity index (χ4n) is 3.22. The largest absolute Gasteiger partial charge is 0.475 e. The topological polar surface area (TPSA) is 84.2 Å². The Hall–Kier alpha value is -3.49. The molecule has 3 heterocycles. The Morgan fingerprint density at radius 3 is 2.65 bits per heavy atom. The van der Waals surface area contributed by atoms with Gasteiger partial charge in [-0.25, -0.2) is 13.2 Å². The molecule has 0 saturated carbocycles. The summed E-state index contributed by atoms with van der Waals surface area (Å²) in [6, 6.07) is 5.75. The van der Waals surface area contributed by atoms with Crippen molar-refractivity contribution in [3.63, 3.8) is 0 Å². The Labute approximate surface area is 142 Å². The van der Waals surface area contributed by atoms with Gasteiger partial charge in [0.2, 0.25) is 6.10 Å². The second-order valence-electron chi connectivity index (χ2n) is 5.79. The summed E-state index contributed by atoms with van der Waals surface area (Å²) in [5.74, 6) is -2.07. The zero-order chi connectivity index (χ0) is 18.0. The highest BCUT2D eigenvalue weighted by Gasteiger charge is 2.35. The summed E-state index contributed by atoms with van der Waals surface area (Å²) in [5, 5.41) is 16.6. The molecule has 0 fully saturated rings. The number of hydrogen-bond acceptors (Lipinski definition) is 5. The van der Waals surface area contributed by atoms with Crippen molar-refractivity contribution in [2.75, 3.05) is 0 Å². The maximum absolute atomic E-state index is 14.2. The molecule has 130 valence electrons. The molecule has 1 aliphatic heterocycles. The smallest absolute Gasteiger partial charge is 0.412 e. The zero-order valence-electron chi connectivity index (χ0n) is 12.8. The lowest BCUT2D eigenvalue weighted by atomic mass is 9.97. The highest BCUT2D eigenvalue weighted by molar-refractivity contribution is 5.94. The van der Waals surface area contributed by atoms with Crippen LogP contribution in [0.1, 0.15) is 17.6 Å². The number of benzene rings is 2. The molecule has 1 atom stereocenters.